The van der Waals surface area contributed by atoms with E-state index in [1.807, 2.05) is 9.97 Å². The van der Waals surface area contributed by atoms with E-state index in [4.69, 9.17) is 9.47 Å². The summed E-state index contributed by atoms with van der Waals surface area (Å²) >= 11 is 0. The Morgan fingerprint density at radius 2 is 1.32 bits per heavy atom. The lowest BCUT2D eigenvalue weighted by Gasteiger charge is -2.28. The van der Waals surface area contributed by atoms with E-state index in [1.165, 1.54) is 13.8 Å². The highest BCUT2D eigenvalue weighted by Gasteiger charge is 2.27. The molecule has 31 heavy (non-hydrogen) atoms. The zero-order valence-corrected chi connectivity index (χ0v) is 17.8. The Morgan fingerprint density at radius 3 is 1.71 bits per heavy atom. The fourth-order valence-electron chi connectivity index (χ4n) is 2.73. The van der Waals surface area contributed by atoms with E-state index in [-0.39, 0.29) is 50.2 Å². The zero-order valence-electron chi connectivity index (χ0n) is 17.8. The van der Waals surface area contributed by atoms with E-state index in [9.17, 15) is 29.1 Å². The molecule has 0 radical (unpaired) electrons. The van der Waals surface area contributed by atoms with Gasteiger partial charge in [0.15, 0.2) is 0 Å². The monoisotopic (exact) mass is 439 g/mol. The van der Waals surface area contributed by atoms with Gasteiger partial charge in [-0.05, 0) is 46.0 Å². The van der Waals surface area contributed by atoms with Crippen LogP contribution in [0.25, 0.3) is 0 Å². The minimum absolute atomic E-state index is 0.00486. The van der Waals surface area contributed by atoms with Crippen molar-refractivity contribution in [3.63, 3.8) is 0 Å². The van der Waals surface area contributed by atoms with Gasteiger partial charge in [0.25, 0.3) is 0 Å². The van der Waals surface area contributed by atoms with E-state index in [0.29, 0.717) is 12.8 Å². The average Bonchev–Trinajstić information content (AvgIpc) is 2.67. The molecule has 1 rings (SSSR count). The van der Waals surface area contributed by atoms with Gasteiger partial charge in [-0.1, -0.05) is 13.2 Å². The smallest absolute Gasteiger partial charge is 0.333 e. The number of carbonyl (C=O) groups is 2. The van der Waals surface area contributed by atoms with Gasteiger partial charge in [0.05, 0.1) is 18.8 Å². The fourth-order valence-corrected chi connectivity index (χ4v) is 2.73. The Hall–Kier alpha value is -3.21. The maximum atomic E-state index is 11.9. The van der Waals surface area contributed by atoms with Crippen molar-refractivity contribution in [3.8, 4) is 0 Å². The van der Waals surface area contributed by atoms with Crippen LogP contribution in [0.3, 0.4) is 0 Å². The third-order valence-electron chi connectivity index (χ3n) is 4.47. The summed E-state index contributed by atoms with van der Waals surface area (Å²) in [5.41, 5.74) is -3.52. The highest BCUT2D eigenvalue weighted by molar-refractivity contribution is 5.87. The molecule has 11 heteroatoms. The first kappa shape index (κ1) is 25.8. The number of rotatable bonds is 13. The molecule has 0 aliphatic heterocycles. The molecule has 11 nitrogen and oxygen atoms in total. The number of aromatic amines is 2. The first-order valence-corrected chi connectivity index (χ1v) is 9.76. The highest BCUT2D eigenvalue weighted by Crippen LogP contribution is 2.24. The number of carbonyl (C=O) groups excluding carboxylic acids is 2. The minimum Gasteiger partial charge on any atom is -0.462 e. The van der Waals surface area contributed by atoms with E-state index in [2.05, 4.69) is 13.2 Å². The van der Waals surface area contributed by atoms with Crippen molar-refractivity contribution in [1.29, 1.82) is 0 Å². The Labute approximate surface area is 178 Å². The number of hydrogen-bond acceptors (Lipinski definition) is 8. The number of nitrogens with zero attached hydrogens (tertiary/aromatic N) is 1. The van der Waals surface area contributed by atoms with Gasteiger partial charge in [0, 0.05) is 17.7 Å². The molecule has 3 N–H and O–H groups in total. The van der Waals surface area contributed by atoms with Crippen LogP contribution in [-0.4, -0.2) is 50.4 Å². The summed E-state index contributed by atoms with van der Waals surface area (Å²) in [6, 6.07) is 0. The quantitative estimate of drug-likeness (QED) is 0.222. The number of ether oxygens (including phenoxy) is 2. The maximum absolute atomic E-state index is 11.9. The summed E-state index contributed by atoms with van der Waals surface area (Å²) in [7, 11) is 0. The molecule has 0 fully saturated rings. The van der Waals surface area contributed by atoms with E-state index >= 15 is 0 Å². The number of aliphatic hydroxyl groups is 1. The van der Waals surface area contributed by atoms with Gasteiger partial charge < -0.3 is 14.6 Å². The van der Waals surface area contributed by atoms with Crippen molar-refractivity contribution in [1.82, 2.24) is 14.5 Å². The van der Waals surface area contributed by atoms with Gasteiger partial charge in [-0.3, -0.25) is 9.97 Å². The van der Waals surface area contributed by atoms with Crippen LogP contribution in [0.15, 0.2) is 38.7 Å². The molecule has 0 aliphatic carbocycles. The van der Waals surface area contributed by atoms with Crippen LogP contribution in [0.1, 0.15) is 46.0 Å². The highest BCUT2D eigenvalue weighted by atomic mass is 16.5. The van der Waals surface area contributed by atoms with Crippen LogP contribution in [-0.2, 0) is 25.6 Å². The Kier molecular flexibility index (Phi) is 9.87. The van der Waals surface area contributed by atoms with Crippen LogP contribution in [0.5, 0.6) is 0 Å². The average molecular weight is 439 g/mol. The molecule has 1 heterocycles. The largest absolute Gasteiger partial charge is 0.462 e. The topological polar surface area (TPSA) is 161 Å². The molecule has 1 aromatic heterocycles. The first-order valence-electron chi connectivity index (χ1n) is 9.76. The van der Waals surface area contributed by atoms with Gasteiger partial charge in [-0.15, -0.1) is 0 Å². The molecule has 0 aliphatic rings. The first-order chi connectivity index (χ1) is 14.4. The second-order valence-corrected chi connectivity index (χ2v) is 7.36. The number of hydrogen-bond donors (Lipinski definition) is 3. The molecule has 0 unspecified atom stereocenters. The molecule has 0 spiro atoms. The van der Waals surface area contributed by atoms with Crippen molar-refractivity contribution >= 4 is 11.9 Å². The lowest BCUT2D eigenvalue weighted by Crippen LogP contribution is -2.44. The van der Waals surface area contributed by atoms with Crippen LogP contribution < -0.4 is 17.1 Å². The Bertz CT molecular complexity index is 917. The molecule has 1 aromatic rings. The molecule has 0 amide bonds. The van der Waals surface area contributed by atoms with Gasteiger partial charge in [-0.25, -0.2) is 28.5 Å². The normalized spacial score (nSPS) is 11.1. The molecule has 0 atom stereocenters. The van der Waals surface area contributed by atoms with Crippen molar-refractivity contribution < 1.29 is 24.2 Å². The molecular weight excluding hydrogens is 410 g/mol. The number of nitrogens with one attached hydrogen (secondary N) is 2. The van der Waals surface area contributed by atoms with Crippen molar-refractivity contribution in [3.05, 3.63) is 55.8 Å². The Balaban J connectivity index is 2.77. The standard InChI is InChI=1S/C20H29N3O8/c1-13(2)15(24)30-11-5-7-20(29,8-6-12-31-16(25)14(3)4)9-10-23-18(27)21-17(26)22-19(23)28/h29H,1,3,5-12H2,2,4H3,(H2,21,22,26,27,28). The summed E-state index contributed by atoms with van der Waals surface area (Å²) < 4.78 is 10.8. The fraction of sp³-hybridized carbons (Fsp3) is 0.550. The van der Waals surface area contributed by atoms with Gasteiger partial charge >= 0.3 is 29.0 Å². The number of esters is 2. The number of H-pyrrole nitrogens is 2. The lowest BCUT2D eigenvalue weighted by atomic mass is 9.89. The summed E-state index contributed by atoms with van der Waals surface area (Å²) in [5.74, 6) is -1.08. The lowest BCUT2D eigenvalue weighted by molar-refractivity contribution is -0.139. The van der Waals surface area contributed by atoms with Crippen LogP contribution in [0.4, 0.5) is 0 Å². The van der Waals surface area contributed by atoms with E-state index in [1.54, 1.807) is 0 Å². The van der Waals surface area contributed by atoms with Crippen molar-refractivity contribution in [2.45, 2.75) is 58.1 Å². The molecule has 172 valence electrons. The summed E-state index contributed by atoms with van der Waals surface area (Å²) in [4.78, 5) is 61.7. The van der Waals surface area contributed by atoms with Gasteiger partial charge in [0.1, 0.15) is 0 Å². The Morgan fingerprint density at radius 1 is 0.903 bits per heavy atom. The van der Waals surface area contributed by atoms with Crippen molar-refractivity contribution in [2.24, 2.45) is 0 Å². The third kappa shape index (κ3) is 8.99. The SMILES string of the molecule is C=C(C)C(=O)OCCCC(O)(CCCOC(=O)C(=C)C)CCn1c(=O)[nH]c(=O)[nH]c1=O. The van der Waals surface area contributed by atoms with E-state index in [0.717, 1.165) is 4.57 Å². The molecule has 0 aromatic carbocycles. The van der Waals surface area contributed by atoms with Gasteiger partial charge in [-0.2, -0.15) is 0 Å². The summed E-state index contributed by atoms with van der Waals surface area (Å²) in [5, 5.41) is 11.0. The van der Waals surface area contributed by atoms with Crippen LogP contribution in [0.2, 0.25) is 0 Å². The maximum Gasteiger partial charge on any atom is 0.333 e. The van der Waals surface area contributed by atoms with E-state index < -0.39 is 34.6 Å². The van der Waals surface area contributed by atoms with Crippen molar-refractivity contribution in [2.75, 3.05) is 13.2 Å². The summed E-state index contributed by atoms with van der Waals surface area (Å²) in [6.45, 7) is 9.96. The molecule has 0 saturated heterocycles. The molecule has 0 saturated carbocycles. The van der Waals surface area contributed by atoms with Crippen LogP contribution in [0, 0.1) is 0 Å². The predicted octanol–water partition coefficient (Wildman–Crippen LogP) is 0.145. The molecule has 0 bridgehead atoms. The number of aromatic nitrogens is 3. The second kappa shape index (κ2) is 11.8. The zero-order chi connectivity index (χ0) is 23.6. The van der Waals surface area contributed by atoms with Gasteiger partial charge in [0.2, 0.25) is 0 Å². The second-order valence-electron chi connectivity index (χ2n) is 7.36. The predicted molar refractivity (Wildman–Crippen MR) is 112 cm³/mol. The minimum atomic E-state index is -1.34. The third-order valence-corrected chi connectivity index (χ3v) is 4.47. The van der Waals surface area contributed by atoms with Crippen LogP contribution >= 0.6 is 0 Å². The summed E-state index contributed by atoms with van der Waals surface area (Å²) in [6.07, 6.45) is 1.03. The molecular formula is C20H29N3O8.